The van der Waals surface area contributed by atoms with Crippen LogP contribution in [-0.2, 0) is 4.79 Å². The average molecular weight is 255 g/mol. The first kappa shape index (κ1) is 13.8. The first-order valence-electron chi connectivity index (χ1n) is 5.79. The molecular weight excluding hydrogens is 236 g/mol. The lowest BCUT2D eigenvalue weighted by Crippen LogP contribution is -2.31. The summed E-state index contributed by atoms with van der Waals surface area (Å²) in [5, 5.41) is 6.80. The minimum absolute atomic E-state index is 0.0622. The SMILES string of the molecule is Cc1c(Cl)cccc1NCCC(=O)NC(C)C. The van der Waals surface area contributed by atoms with Gasteiger partial charge >= 0.3 is 0 Å². The zero-order valence-electron chi connectivity index (χ0n) is 10.5. The largest absolute Gasteiger partial charge is 0.384 e. The van der Waals surface area contributed by atoms with E-state index in [2.05, 4.69) is 10.6 Å². The molecule has 0 radical (unpaired) electrons. The Balaban J connectivity index is 2.41. The molecule has 1 rings (SSSR count). The van der Waals surface area contributed by atoms with E-state index < -0.39 is 0 Å². The van der Waals surface area contributed by atoms with Crippen LogP contribution in [0, 0.1) is 6.92 Å². The van der Waals surface area contributed by atoms with E-state index in [4.69, 9.17) is 11.6 Å². The van der Waals surface area contributed by atoms with Crippen molar-refractivity contribution in [3.05, 3.63) is 28.8 Å². The number of hydrogen-bond acceptors (Lipinski definition) is 2. The topological polar surface area (TPSA) is 41.1 Å². The molecule has 0 bridgehead atoms. The number of rotatable bonds is 5. The monoisotopic (exact) mass is 254 g/mol. The van der Waals surface area contributed by atoms with Gasteiger partial charge in [-0.25, -0.2) is 0 Å². The Bertz CT molecular complexity index is 391. The van der Waals surface area contributed by atoms with Gasteiger partial charge in [-0.15, -0.1) is 0 Å². The number of hydrogen-bond donors (Lipinski definition) is 2. The lowest BCUT2D eigenvalue weighted by Gasteiger charge is -2.11. The summed E-state index contributed by atoms with van der Waals surface area (Å²) in [7, 11) is 0. The van der Waals surface area contributed by atoms with Crippen molar-refractivity contribution in [1.29, 1.82) is 0 Å². The number of anilines is 1. The molecule has 0 atom stereocenters. The van der Waals surface area contributed by atoms with Crippen LogP contribution in [0.5, 0.6) is 0 Å². The smallest absolute Gasteiger partial charge is 0.221 e. The summed E-state index contributed by atoms with van der Waals surface area (Å²) >= 11 is 6.00. The Labute approximate surface area is 108 Å². The fraction of sp³-hybridized carbons (Fsp3) is 0.462. The van der Waals surface area contributed by atoms with Crippen LogP contribution in [0.15, 0.2) is 18.2 Å². The lowest BCUT2D eigenvalue weighted by molar-refractivity contribution is -0.121. The van der Waals surface area contributed by atoms with E-state index in [1.165, 1.54) is 0 Å². The van der Waals surface area contributed by atoms with E-state index in [9.17, 15) is 4.79 Å². The van der Waals surface area contributed by atoms with Crippen LogP contribution < -0.4 is 10.6 Å². The predicted molar refractivity (Wildman–Crippen MR) is 72.6 cm³/mol. The molecule has 1 aromatic carbocycles. The molecule has 0 fully saturated rings. The fourth-order valence-electron chi connectivity index (χ4n) is 1.50. The molecule has 0 heterocycles. The summed E-state index contributed by atoms with van der Waals surface area (Å²) in [6.45, 7) is 6.47. The van der Waals surface area contributed by atoms with Crippen molar-refractivity contribution in [3.8, 4) is 0 Å². The Morgan fingerprint density at radius 1 is 1.41 bits per heavy atom. The Morgan fingerprint density at radius 2 is 2.12 bits per heavy atom. The van der Waals surface area contributed by atoms with Crippen LogP contribution in [-0.4, -0.2) is 18.5 Å². The van der Waals surface area contributed by atoms with Gasteiger partial charge in [-0.2, -0.15) is 0 Å². The van der Waals surface area contributed by atoms with Gasteiger partial charge in [0.15, 0.2) is 0 Å². The minimum Gasteiger partial charge on any atom is -0.384 e. The van der Waals surface area contributed by atoms with Gasteiger partial charge in [0, 0.05) is 29.7 Å². The molecule has 0 aliphatic rings. The summed E-state index contributed by atoms with van der Waals surface area (Å²) in [6.07, 6.45) is 0.462. The highest BCUT2D eigenvalue weighted by molar-refractivity contribution is 6.31. The fourth-order valence-corrected chi connectivity index (χ4v) is 1.68. The van der Waals surface area contributed by atoms with Crippen molar-refractivity contribution < 1.29 is 4.79 Å². The van der Waals surface area contributed by atoms with Gasteiger partial charge in [0.2, 0.25) is 5.91 Å². The van der Waals surface area contributed by atoms with Gasteiger partial charge in [-0.1, -0.05) is 17.7 Å². The summed E-state index contributed by atoms with van der Waals surface area (Å²) in [5.41, 5.74) is 1.99. The normalized spacial score (nSPS) is 10.4. The van der Waals surface area contributed by atoms with Crippen LogP contribution in [0.25, 0.3) is 0 Å². The number of benzene rings is 1. The molecule has 0 saturated carbocycles. The maximum absolute atomic E-state index is 11.4. The van der Waals surface area contributed by atoms with Crippen molar-refractivity contribution in [2.24, 2.45) is 0 Å². The zero-order chi connectivity index (χ0) is 12.8. The van der Waals surface area contributed by atoms with Crippen molar-refractivity contribution >= 4 is 23.2 Å². The van der Waals surface area contributed by atoms with E-state index >= 15 is 0 Å². The van der Waals surface area contributed by atoms with E-state index in [0.29, 0.717) is 13.0 Å². The van der Waals surface area contributed by atoms with Gasteiger partial charge < -0.3 is 10.6 Å². The number of halogens is 1. The van der Waals surface area contributed by atoms with E-state index in [1.54, 1.807) is 0 Å². The number of carbonyl (C=O) groups excluding carboxylic acids is 1. The van der Waals surface area contributed by atoms with Crippen LogP contribution in [0.4, 0.5) is 5.69 Å². The molecule has 1 aromatic rings. The molecule has 0 aliphatic carbocycles. The summed E-state index contributed by atoms with van der Waals surface area (Å²) in [6, 6.07) is 5.90. The third-order valence-electron chi connectivity index (χ3n) is 2.38. The standard InChI is InChI=1S/C13H19ClN2O/c1-9(2)16-13(17)7-8-15-12-6-4-5-11(14)10(12)3/h4-6,9,15H,7-8H2,1-3H3,(H,16,17). The highest BCUT2D eigenvalue weighted by Gasteiger charge is 2.04. The van der Waals surface area contributed by atoms with Crippen molar-refractivity contribution in [2.45, 2.75) is 33.2 Å². The molecule has 0 saturated heterocycles. The van der Waals surface area contributed by atoms with Crippen LogP contribution >= 0.6 is 11.6 Å². The molecule has 0 aliphatic heterocycles. The van der Waals surface area contributed by atoms with Crippen molar-refractivity contribution in [1.82, 2.24) is 5.32 Å². The number of carbonyl (C=O) groups is 1. The van der Waals surface area contributed by atoms with Gasteiger partial charge in [0.25, 0.3) is 0 Å². The van der Waals surface area contributed by atoms with E-state index in [1.807, 2.05) is 39.0 Å². The van der Waals surface area contributed by atoms with Gasteiger partial charge in [0.05, 0.1) is 0 Å². The summed E-state index contributed by atoms with van der Waals surface area (Å²) in [5.74, 6) is 0.0622. The molecule has 3 nitrogen and oxygen atoms in total. The quantitative estimate of drug-likeness (QED) is 0.848. The molecule has 0 unspecified atom stereocenters. The second-order valence-electron chi connectivity index (χ2n) is 4.31. The van der Waals surface area contributed by atoms with Crippen molar-refractivity contribution in [3.63, 3.8) is 0 Å². The van der Waals surface area contributed by atoms with Crippen LogP contribution in [0.1, 0.15) is 25.8 Å². The molecule has 0 aromatic heterocycles. The second kappa shape index (κ2) is 6.50. The van der Waals surface area contributed by atoms with Gasteiger partial charge in [0.1, 0.15) is 0 Å². The number of amides is 1. The summed E-state index contributed by atoms with van der Waals surface area (Å²) in [4.78, 5) is 11.4. The second-order valence-corrected chi connectivity index (χ2v) is 4.72. The molecule has 94 valence electrons. The van der Waals surface area contributed by atoms with Crippen molar-refractivity contribution in [2.75, 3.05) is 11.9 Å². The predicted octanol–water partition coefficient (Wildman–Crippen LogP) is 2.98. The van der Waals surface area contributed by atoms with E-state index in [-0.39, 0.29) is 11.9 Å². The summed E-state index contributed by atoms with van der Waals surface area (Å²) < 4.78 is 0. The molecule has 0 spiro atoms. The Kier molecular flexibility index (Phi) is 5.29. The molecule has 4 heteroatoms. The molecular formula is C13H19ClN2O. The van der Waals surface area contributed by atoms with Crippen LogP contribution in [0.2, 0.25) is 5.02 Å². The van der Waals surface area contributed by atoms with E-state index in [0.717, 1.165) is 16.3 Å². The van der Waals surface area contributed by atoms with Gasteiger partial charge in [-0.3, -0.25) is 4.79 Å². The Morgan fingerprint density at radius 3 is 2.76 bits per heavy atom. The highest BCUT2D eigenvalue weighted by atomic mass is 35.5. The van der Waals surface area contributed by atoms with Gasteiger partial charge in [-0.05, 0) is 38.5 Å². The molecule has 2 N–H and O–H groups in total. The molecule has 1 amide bonds. The minimum atomic E-state index is 0.0622. The first-order valence-corrected chi connectivity index (χ1v) is 6.17. The maximum Gasteiger partial charge on any atom is 0.221 e. The lowest BCUT2D eigenvalue weighted by atomic mass is 10.2. The maximum atomic E-state index is 11.4. The third-order valence-corrected chi connectivity index (χ3v) is 2.79. The first-order chi connectivity index (χ1) is 8.00. The average Bonchev–Trinajstić information content (AvgIpc) is 2.23. The van der Waals surface area contributed by atoms with Crippen LogP contribution in [0.3, 0.4) is 0 Å². The Hall–Kier alpha value is -1.22. The highest BCUT2D eigenvalue weighted by Crippen LogP contribution is 2.22. The third kappa shape index (κ3) is 4.65. The zero-order valence-corrected chi connectivity index (χ0v) is 11.3. The number of nitrogens with one attached hydrogen (secondary N) is 2. The molecule has 17 heavy (non-hydrogen) atoms.